The van der Waals surface area contributed by atoms with Crippen molar-refractivity contribution in [3.63, 3.8) is 0 Å². The fourth-order valence-corrected chi connectivity index (χ4v) is 5.38. The summed E-state index contributed by atoms with van der Waals surface area (Å²) in [6.45, 7) is 5.88. The zero-order valence-electron chi connectivity index (χ0n) is 23.9. The van der Waals surface area contributed by atoms with Crippen molar-refractivity contribution in [2.45, 2.75) is 52.2 Å². The predicted molar refractivity (Wildman–Crippen MR) is 166 cm³/mol. The van der Waals surface area contributed by atoms with Crippen molar-refractivity contribution in [3.8, 4) is 5.75 Å². The van der Waals surface area contributed by atoms with Gasteiger partial charge in [-0.05, 0) is 67.8 Å². The van der Waals surface area contributed by atoms with Gasteiger partial charge in [0.25, 0.3) is 0 Å². The lowest BCUT2D eigenvalue weighted by atomic mass is 10.0. The quantitative estimate of drug-likeness (QED) is 0.262. The van der Waals surface area contributed by atoms with Gasteiger partial charge < -0.3 is 15.0 Å². The van der Waals surface area contributed by atoms with Crippen LogP contribution in [0.5, 0.6) is 5.75 Å². The van der Waals surface area contributed by atoms with Gasteiger partial charge in [0, 0.05) is 23.5 Å². The van der Waals surface area contributed by atoms with Crippen LogP contribution in [-0.2, 0) is 32.6 Å². The molecule has 0 saturated carbocycles. The first-order chi connectivity index (χ1) is 19.5. The number of nitrogens with one attached hydrogen (secondary N) is 1. The maximum atomic E-state index is 14.1. The fourth-order valence-electron chi connectivity index (χ4n) is 4.27. The lowest BCUT2D eigenvalue weighted by molar-refractivity contribution is -0.140. The lowest BCUT2D eigenvalue weighted by Crippen LogP contribution is -2.54. The minimum absolute atomic E-state index is 0.0956. The highest BCUT2D eigenvalue weighted by molar-refractivity contribution is 9.10. The van der Waals surface area contributed by atoms with E-state index in [-0.39, 0.29) is 24.9 Å². The minimum Gasteiger partial charge on any atom is -0.494 e. The number of rotatable bonds is 14. The second kappa shape index (κ2) is 15.0. The second-order valence-electron chi connectivity index (χ2n) is 9.87. The summed E-state index contributed by atoms with van der Waals surface area (Å²) in [5.41, 5.74) is 2.02. The Bertz CT molecular complexity index is 1380. The Labute approximate surface area is 251 Å². The highest BCUT2D eigenvalue weighted by Gasteiger charge is 2.33. The Morgan fingerprint density at radius 1 is 0.927 bits per heavy atom. The molecule has 8 nitrogen and oxygen atoms in total. The molecule has 0 radical (unpaired) electrons. The largest absolute Gasteiger partial charge is 0.494 e. The fraction of sp³-hybridized carbons (Fsp3) is 0.355. The summed E-state index contributed by atoms with van der Waals surface area (Å²) >= 11 is 3.44. The molecule has 0 unspecified atom stereocenters. The van der Waals surface area contributed by atoms with Crippen molar-refractivity contribution in [1.29, 1.82) is 0 Å². The average Bonchev–Trinajstić information content (AvgIpc) is 2.95. The second-order valence-corrected chi connectivity index (χ2v) is 12.7. The third-order valence-electron chi connectivity index (χ3n) is 6.65. The molecule has 1 N–H and O–H groups in total. The van der Waals surface area contributed by atoms with E-state index in [1.54, 1.807) is 24.3 Å². The SMILES string of the molecule is CCOc1ccc(N(CC(=O)N(Cc2ccc(Br)cc2)[C@@H](Cc2ccccc2)C(=O)N[C@H](C)CC)S(C)(=O)=O)cc1. The van der Waals surface area contributed by atoms with Gasteiger partial charge in [0.1, 0.15) is 18.3 Å². The van der Waals surface area contributed by atoms with E-state index in [1.165, 1.54) is 4.90 Å². The number of anilines is 1. The van der Waals surface area contributed by atoms with Crippen LogP contribution >= 0.6 is 15.9 Å². The van der Waals surface area contributed by atoms with E-state index in [4.69, 9.17) is 4.74 Å². The average molecular weight is 645 g/mol. The molecule has 3 rings (SSSR count). The summed E-state index contributed by atoms with van der Waals surface area (Å²) in [6.07, 6.45) is 2.06. The highest BCUT2D eigenvalue weighted by Crippen LogP contribution is 2.23. The Morgan fingerprint density at radius 2 is 1.56 bits per heavy atom. The first-order valence-electron chi connectivity index (χ1n) is 13.6. The molecule has 0 bridgehead atoms. The molecule has 2 amide bonds. The Hall–Kier alpha value is -3.37. The molecule has 0 aromatic heterocycles. The molecular formula is C31H38BrN3O5S. The van der Waals surface area contributed by atoms with Crippen molar-refractivity contribution in [1.82, 2.24) is 10.2 Å². The summed E-state index contributed by atoms with van der Waals surface area (Å²) in [4.78, 5) is 29.3. The van der Waals surface area contributed by atoms with Gasteiger partial charge in [-0.2, -0.15) is 0 Å². The topological polar surface area (TPSA) is 96.0 Å². The van der Waals surface area contributed by atoms with Gasteiger partial charge in [-0.15, -0.1) is 0 Å². The number of hydrogen-bond acceptors (Lipinski definition) is 5. The molecule has 0 aliphatic carbocycles. The van der Waals surface area contributed by atoms with Crippen LogP contribution in [0.25, 0.3) is 0 Å². The molecule has 220 valence electrons. The van der Waals surface area contributed by atoms with Gasteiger partial charge in [-0.1, -0.05) is 65.3 Å². The molecule has 10 heteroatoms. The Morgan fingerprint density at radius 3 is 2.12 bits per heavy atom. The smallest absolute Gasteiger partial charge is 0.244 e. The number of carbonyl (C=O) groups excluding carboxylic acids is 2. The van der Waals surface area contributed by atoms with Gasteiger partial charge in [0.2, 0.25) is 21.8 Å². The van der Waals surface area contributed by atoms with Gasteiger partial charge in [-0.25, -0.2) is 8.42 Å². The Balaban J connectivity index is 2.03. The van der Waals surface area contributed by atoms with Crippen LogP contribution < -0.4 is 14.4 Å². The van der Waals surface area contributed by atoms with Crippen molar-refractivity contribution in [3.05, 3.63) is 94.5 Å². The van der Waals surface area contributed by atoms with Crippen LogP contribution in [0.4, 0.5) is 5.69 Å². The molecule has 0 saturated heterocycles. The standard InChI is InChI=1S/C31H38BrN3O5S/c1-5-23(3)33-31(37)29(20-24-10-8-7-9-11-24)34(21-25-12-14-26(32)15-13-25)30(36)22-35(41(4,38)39)27-16-18-28(19-17-27)40-6-2/h7-19,23,29H,5-6,20-22H2,1-4H3,(H,33,37)/t23-,29+/m1/s1. The molecule has 0 spiro atoms. The van der Waals surface area contributed by atoms with E-state index in [9.17, 15) is 18.0 Å². The van der Waals surface area contributed by atoms with Gasteiger partial charge >= 0.3 is 0 Å². The molecule has 3 aromatic rings. The van der Waals surface area contributed by atoms with Gasteiger partial charge in [0.05, 0.1) is 18.6 Å². The third kappa shape index (κ3) is 9.60. The van der Waals surface area contributed by atoms with Crippen LogP contribution in [0.3, 0.4) is 0 Å². The number of halogens is 1. The normalized spacial score (nSPS) is 12.7. The maximum absolute atomic E-state index is 14.1. The van der Waals surface area contributed by atoms with Crippen molar-refractivity contribution in [2.75, 3.05) is 23.7 Å². The zero-order chi connectivity index (χ0) is 30.0. The number of ether oxygens (including phenoxy) is 1. The van der Waals surface area contributed by atoms with Crippen LogP contribution in [0.2, 0.25) is 0 Å². The summed E-state index contributed by atoms with van der Waals surface area (Å²) < 4.78 is 33.3. The van der Waals surface area contributed by atoms with Crippen LogP contribution in [0, 0.1) is 0 Å². The minimum atomic E-state index is -3.84. The predicted octanol–water partition coefficient (Wildman–Crippen LogP) is 5.17. The van der Waals surface area contributed by atoms with Crippen molar-refractivity contribution < 1.29 is 22.7 Å². The van der Waals surface area contributed by atoms with E-state index in [2.05, 4.69) is 21.2 Å². The van der Waals surface area contributed by atoms with Gasteiger partial charge in [0.15, 0.2) is 0 Å². The first kappa shape index (κ1) is 32.1. The lowest BCUT2D eigenvalue weighted by Gasteiger charge is -2.34. The highest BCUT2D eigenvalue weighted by atomic mass is 79.9. The zero-order valence-corrected chi connectivity index (χ0v) is 26.3. The number of nitrogens with zero attached hydrogens (tertiary/aromatic N) is 2. The molecule has 0 aliphatic heterocycles. The number of carbonyl (C=O) groups is 2. The molecular weight excluding hydrogens is 606 g/mol. The monoisotopic (exact) mass is 643 g/mol. The summed E-state index contributed by atoms with van der Waals surface area (Å²) in [5, 5.41) is 3.03. The molecule has 41 heavy (non-hydrogen) atoms. The molecule has 3 aromatic carbocycles. The number of benzene rings is 3. The third-order valence-corrected chi connectivity index (χ3v) is 8.32. The maximum Gasteiger partial charge on any atom is 0.244 e. The number of hydrogen-bond donors (Lipinski definition) is 1. The molecule has 2 atom stereocenters. The van der Waals surface area contributed by atoms with E-state index >= 15 is 0 Å². The van der Waals surface area contributed by atoms with E-state index in [1.807, 2.05) is 75.4 Å². The molecule has 0 aliphatic rings. The van der Waals surface area contributed by atoms with Crippen LogP contribution in [0.1, 0.15) is 38.3 Å². The summed E-state index contributed by atoms with van der Waals surface area (Å²) in [5.74, 6) is -0.189. The van der Waals surface area contributed by atoms with E-state index in [0.717, 1.165) is 32.6 Å². The Kier molecular flexibility index (Phi) is 11.8. The van der Waals surface area contributed by atoms with Crippen LogP contribution in [-0.4, -0.2) is 56.6 Å². The van der Waals surface area contributed by atoms with Crippen LogP contribution in [0.15, 0.2) is 83.3 Å². The molecule has 0 heterocycles. The summed E-state index contributed by atoms with van der Waals surface area (Å²) in [7, 11) is -3.84. The van der Waals surface area contributed by atoms with Gasteiger partial charge in [-0.3, -0.25) is 13.9 Å². The molecule has 0 fully saturated rings. The van der Waals surface area contributed by atoms with E-state index in [0.29, 0.717) is 18.0 Å². The first-order valence-corrected chi connectivity index (χ1v) is 16.2. The number of sulfonamides is 1. The van der Waals surface area contributed by atoms with E-state index < -0.39 is 28.5 Å². The van der Waals surface area contributed by atoms with Crippen molar-refractivity contribution >= 4 is 43.5 Å². The number of amides is 2. The summed E-state index contributed by atoms with van der Waals surface area (Å²) in [6, 6.07) is 22.5. The van der Waals surface area contributed by atoms with Crippen molar-refractivity contribution in [2.24, 2.45) is 0 Å².